The first-order chi connectivity index (χ1) is 13.9. The number of fused-ring (bicyclic) bond motifs is 1. The lowest BCUT2D eigenvalue weighted by Crippen LogP contribution is -2.35. The van der Waals surface area contributed by atoms with Crippen molar-refractivity contribution in [2.24, 2.45) is 7.05 Å². The Balaban J connectivity index is 1.39. The third kappa shape index (κ3) is 4.40. The van der Waals surface area contributed by atoms with Gasteiger partial charge in [0.05, 0.1) is 11.1 Å². The van der Waals surface area contributed by atoms with Crippen LogP contribution in [0.5, 0.6) is 0 Å². The molecule has 0 unspecified atom stereocenters. The Morgan fingerprint density at radius 2 is 1.66 bits per heavy atom. The molecule has 0 spiro atoms. The van der Waals surface area contributed by atoms with E-state index in [4.69, 9.17) is 4.74 Å². The SMILES string of the molecule is Cn1cccc1C(=O)NC(=O)COC(=O)CCCN1C(=O)c2ccccc2C1=O. The number of aryl methyl sites for hydroxylation is 1. The van der Waals surface area contributed by atoms with Gasteiger partial charge in [-0.2, -0.15) is 0 Å². The normalized spacial score (nSPS) is 12.7. The molecule has 0 radical (unpaired) electrons. The van der Waals surface area contributed by atoms with E-state index in [0.717, 1.165) is 4.90 Å². The third-order valence-electron chi connectivity index (χ3n) is 4.43. The number of imide groups is 2. The number of hydrogen-bond acceptors (Lipinski definition) is 6. The summed E-state index contributed by atoms with van der Waals surface area (Å²) in [5.74, 6) is -2.78. The summed E-state index contributed by atoms with van der Waals surface area (Å²) in [5.41, 5.74) is 0.991. The number of carbonyl (C=O) groups excluding carboxylic acids is 5. The summed E-state index contributed by atoms with van der Waals surface area (Å²) >= 11 is 0. The van der Waals surface area contributed by atoms with Crippen LogP contribution < -0.4 is 5.32 Å². The highest BCUT2D eigenvalue weighted by atomic mass is 16.5. The van der Waals surface area contributed by atoms with Crippen molar-refractivity contribution in [2.45, 2.75) is 12.8 Å². The summed E-state index contributed by atoms with van der Waals surface area (Å²) in [6.45, 7) is -0.526. The minimum atomic E-state index is -0.745. The van der Waals surface area contributed by atoms with Gasteiger partial charge in [0.2, 0.25) is 0 Å². The molecule has 2 aromatic rings. The summed E-state index contributed by atoms with van der Waals surface area (Å²) < 4.78 is 6.38. The Morgan fingerprint density at radius 3 is 2.24 bits per heavy atom. The summed E-state index contributed by atoms with van der Waals surface area (Å²) in [4.78, 5) is 61.0. The molecule has 150 valence electrons. The number of esters is 1. The van der Waals surface area contributed by atoms with Crippen LogP contribution in [-0.4, -0.2) is 52.2 Å². The van der Waals surface area contributed by atoms with Crippen molar-refractivity contribution in [1.82, 2.24) is 14.8 Å². The topological polar surface area (TPSA) is 115 Å². The quantitative estimate of drug-likeness (QED) is 0.548. The summed E-state index contributed by atoms with van der Waals surface area (Å²) in [6, 6.07) is 9.73. The predicted molar refractivity (Wildman–Crippen MR) is 99.9 cm³/mol. The second-order valence-electron chi connectivity index (χ2n) is 6.45. The molecule has 1 N–H and O–H groups in total. The average Bonchev–Trinajstić information content (AvgIpc) is 3.23. The number of benzene rings is 1. The fraction of sp³-hybridized carbons (Fsp3) is 0.250. The smallest absolute Gasteiger partial charge is 0.306 e. The van der Waals surface area contributed by atoms with Crippen LogP contribution in [0.3, 0.4) is 0 Å². The summed E-state index contributed by atoms with van der Waals surface area (Å²) in [5, 5.41) is 2.13. The molecule has 1 aromatic carbocycles. The lowest BCUT2D eigenvalue weighted by molar-refractivity contribution is -0.148. The zero-order chi connectivity index (χ0) is 21.0. The maximum atomic E-state index is 12.2. The summed E-state index contributed by atoms with van der Waals surface area (Å²) in [6.07, 6.45) is 1.79. The highest BCUT2D eigenvalue weighted by molar-refractivity contribution is 6.21. The van der Waals surface area contributed by atoms with Gasteiger partial charge in [0.25, 0.3) is 23.6 Å². The van der Waals surface area contributed by atoms with Crippen LogP contribution >= 0.6 is 0 Å². The molecule has 0 bridgehead atoms. The number of carbonyl (C=O) groups is 5. The first-order valence-electron chi connectivity index (χ1n) is 8.95. The number of nitrogens with one attached hydrogen (secondary N) is 1. The molecule has 2 heterocycles. The van der Waals surface area contributed by atoms with Crippen molar-refractivity contribution in [1.29, 1.82) is 0 Å². The van der Waals surface area contributed by atoms with Gasteiger partial charge in [-0.25, -0.2) is 0 Å². The Hall–Kier alpha value is -3.75. The minimum absolute atomic E-state index is 0.0691. The highest BCUT2D eigenvalue weighted by Gasteiger charge is 2.34. The van der Waals surface area contributed by atoms with E-state index in [9.17, 15) is 24.0 Å². The predicted octanol–water partition coefficient (Wildman–Crippen LogP) is 0.901. The van der Waals surface area contributed by atoms with Crippen molar-refractivity contribution in [2.75, 3.05) is 13.2 Å². The lowest BCUT2D eigenvalue weighted by atomic mass is 10.1. The third-order valence-corrected chi connectivity index (χ3v) is 4.43. The zero-order valence-electron chi connectivity index (χ0n) is 15.7. The van der Waals surface area contributed by atoms with Crippen LogP contribution in [0.1, 0.15) is 44.0 Å². The second kappa shape index (κ2) is 8.51. The number of amides is 4. The van der Waals surface area contributed by atoms with Crippen LogP contribution in [0.25, 0.3) is 0 Å². The lowest BCUT2D eigenvalue weighted by Gasteiger charge is -2.13. The van der Waals surface area contributed by atoms with Gasteiger partial charge in [-0.1, -0.05) is 12.1 Å². The first-order valence-corrected chi connectivity index (χ1v) is 8.95. The Labute approximate surface area is 166 Å². The maximum Gasteiger partial charge on any atom is 0.306 e. The standard InChI is InChI=1S/C20H19N3O6/c1-22-10-4-8-15(22)18(26)21-16(24)12-29-17(25)9-5-11-23-19(27)13-6-2-3-7-14(13)20(23)28/h2-4,6-8,10H,5,9,11-12H2,1H3,(H,21,24,26). The van der Waals surface area contributed by atoms with Gasteiger partial charge in [-0.05, 0) is 30.7 Å². The maximum absolute atomic E-state index is 12.2. The van der Waals surface area contributed by atoms with Crippen LogP contribution in [-0.2, 0) is 21.4 Å². The molecule has 1 aliphatic heterocycles. The van der Waals surface area contributed by atoms with Gasteiger partial charge in [-0.15, -0.1) is 0 Å². The number of nitrogens with zero attached hydrogens (tertiary/aromatic N) is 2. The van der Waals surface area contributed by atoms with Crippen LogP contribution in [0, 0.1) is 0 Å². The van der Waals surface area contributed by atoms with Gasteiger partial charge in [0.1, 0.15) is 5.69 Å². The molecular formula is C20H19N3O6. The minimum Gasteiger partial charge on any atom is -0.456 e. The second-order valence-corrected chi connectivity index (χ2v) is 6.45. The molecule has 0 saturated carbocycles. The van der Waals surface area contributed by atoms with E-state index in [2.05, 4.69) is 5.32 Å². The molecule has 3 rings (SSSR count). The van der Waals surface area contributed by atoms with Gasteiger partial charge < -0.3 is 9.30 Å². The number of ether oxygens (including phenoxy) is 1. The molecule has 0 aliphatic carbocycles. The first kappa shape index (κ1) is 20.0. The molecule has 9 heteroatoms. The van der Waals surface area contributed by atoms with E-state index in [0.29, 0.717) is 16.8 Å². The van der Waals surface area contributed by atoms with E-state index in [-0.39, 0.29) is 19.4 Å². The van der Waals surface area contributed by atoms with E-state index >= 15 is 0 Å². The van der Waals surface area contributed by atoms with Gasteiger partial charge in [0.15, 0.2) is 6.61 Å². The van der Waals surface area contributed by atoms with Crippen molar-refractivity contribution in [3.05, 3.63) is 59.4 Å². The Kier molecular flexibility index (Phi) is 5.87. The monoisotopic (exact) mass is 397 g/mol. The number of rotatable bonds is 7. The molecule has 29 heavy (non-hydrogen) atoms. The van der Waals surface area contributed by atoms with Gasteiger partial charge in [0, 0.05) is 26.2 Å². The van der Waals surface area contributed by atoms with E-state index in [1.807, 2.05) is 0 Å². The van der Waals surface area contributed by atoms with Gasteiger partial charge >= 0.3 is 5.97 Å². The molecule has 9 nitrogen and oxygen atoms in total. The van der Waals surface area contributed by atoms with Crippen LogP contribution in [0.4, 0.5) is 0 Å². The Bertz CT molecular complexity index is 959. The zero-order valence-corrected chi connectivity index (χ0v) is 15.7. The molecule has 1 aliphatic rings. The fourth-order valence-electron chi connectivity index (χ4n) is 2.97. The highest BCUT2D eigenvalue weighted by Crippen LogP contribution is 2.22. The molecular weight excluding hydrogens is 378 g/mol. The average molecular weight is 397 g/mol. The van der Waals surface area contributed by atoms with Crippen molar-refractivity contribution >= 4 is 29.6 Å². The molecule has 0 saturated heterocycles. The van der Waals surface area contributed by atoms with Crippen molar-refractivity contribution in [3.63, 3.8) is 0 Å². The number of aromatic nitrogens is 1. The van der Waals surface area contributed by atoms with E-state index < -0.39 is 36.2 Å². The molecule has 1 aromatic heterocycles. The Morgan fingerprint density at radius 1 is 1.00 bits per heavy atom. The van der Waals surface area contributed by atoms with Crippen molar-refractivity contribution in [3.8, 4) is 0 Å². The molecule has 0 atom stereocenters. The molecule has 0 fully saturated rings. The van der Waals surface area contributed by atoms with Crippen molar-refractivity contribution < 1.29 is 28.7 Å². The largest absolute Gasteiger partial charge is 0.456 e. The summed E-state index contributed by atoms with van der Waals surface area (Å²) in [7, 11) is 1.66. The fourth-order valence-corrected chi connectivity index (χ4v) is 2.97. The number of hydrogen-bond donors (Lipinski definition) is 1. The van der Waals surface area contributed by atoms with Gasteiger partial charge in [-0.3, -0.25) is 34.2 Å². The van der Waals surface area contributed by atoms with Crippen LogP contribution in [0.2, 0.25) is 0 Å². The van der Waals surface area contributed by atoms with E-state index in [1.54, 1.807) is 54.2 Å². The van der Waals surface area contributed by atoms with Crippen LogP contribution in [0.15, 0.2) is 42.6 Å². The molecule has 4 amide bonds. The van der Waals surface area contributed by atoms with E-state index in [1.165, 1.54) is 0 Å².